The normalized spacial score (nSPS) is 14.6. The lowest BCUT2D eigenvalue weighted by Gasteiger charge is -2.17. The number of nitrogens with one attached hydrogen (secondary N) is 1. The van der Waals surface area contributed by atoms with Gasteiger partial charge in [-0.15, -0.1) is 0 Å². The molecule has 1 aromatic heterocycles. The molecule has 33 heavy (non-hydrogen) atoms. The fourth-order valence-corrected chi connectivity index (χ4v) is 3.49. The molecule has 0 radical (unpaired) electrons. The van der Waals surface area contributed by atoms with E-state index in [9.17, 15) is 19.2 Å². The van der Waals surface area contributed by atoms with Crippen LogP contribution < -0.4 is 10.2 Å². The Kier molecular flexibility index (Phi) is 7.49. The number of carbonyl (C=O) groups is 4. The van der Waals surface area contributed by atoms with Gasteiger partial charge < -0.3 is 19.2 Å². The van der Waals surface area contributed by atoms with Crippen molar-refractivity contribution in [1.29, 1.82) is 0 Å². The molecule has 1 N–H and O–H groups in total. The summed E-state index contributed by atoms with van der Waals surface area (Å²) in [5.41, 5.74) is 1.25. The number of hydrogen-bond donors (Lipinski definition) is 1. The van der Waals surface area contributed by atoms with Crippen molar-refractivity contribution in [3.05, 3.63) is 69.2 Å². The second-order valence-corrected chi connectivity index (χ2v) is 7.75. The first-order valence-electron chi connectivity index (χ1n) is 9.91. The highest BCUT2D eigenvalue weighted by Crippen LogP contribution is 2.36. The number of nitrogens with zero attached hydrogens (tertiary/aromatic N) is 1. The van der Waals surface area contributed by atoms with E-state index in [1.807, 2.05) is 0 Å². The quantitative estimate of drug-likeness (QED) is 0.356. The summed E-state index contributed by atoms with van der Waals surface area (Å²) in [4.78, 5) is 50.2. The molecule has 2 amide bonds. The fourth-order valence-electron chi connectivity index (χ4n) is 3.23. The van der Waals surface area contributed by atoms with Crippen molar-refractivity contribution in [1.82, 2.24) is 5.32 Å². The van der Waals surface area contributed by atoms with Crippen LogP contribution in [0.25, 0.3) is 6.08 Å². The van der Waals surface area contributed by atoms with E-state index in [2.05, 4.69) is 26.0 Å². The topological polar surface area (TPSA) is 115 Å². The zero-order chi connectivity index (χ0) is 24.1. The lowest BCUT2D eigenvalue weighted by Crippen LogP contribution is -2.31. The SMILES string of the molecule is CCOC(=O)C(=O)NCc1ccc(/C=C2\C(=O)N(c3ccc(Br)cc3)C(C)=C2C(=O)OC)o1. The highest BCUT2D eigenvalue weighted by atomic mass is 79.9. The fraction of sp³-hybridized carbons (Fsp3) is 0.217. The van der Waals surface area contributed by atoms with Crippen molar-refractivity contribution in [3.8, 4) is 0 Å². The van der Waals surface area contributed by atoms with Crippen LogP contribution in [0.1, 0.15) is 25.4 Å². The van der Waals surface area contributed by atoms with E-state index in [1.54, 1.807) is 50.2 Å². The van der Waals surface area contributed by atoms with Crippen LogP contribution in [0.2, 0.25) is 0 Å². The van der Waals surface area contributed by atoms with Gasteiger partial charge in [0, 0.05) is 15.9 Å². The molecule has 172 valence electrons. The Morgan fingerprint density at radius 3 is 2.48 bits per heavy atom. The van der Waals surface area contributed by atoms with Gasteiger partial charge in [-0.25, -0.2) is 9.59 Å². The number of hydrogen-bond acceptors (Lipinski definition) is 7. The standard InChI is InChI=1S/C23H21BrN2O7/c1-4-32-23(30)20(27)25-12-17-10-9-16(33-17)11-18-19(22(29)31-3)13(2)26(21(18)28)15-7-5-14(24)6-8-15/h5-11H,4,12H2,1-3H3,(H,25,27)/b18-11-. The summed E-state index contributed by atoms with van der Waals surface area (Å²) in [6.07, 6.45) is 1.44. The smallest absolute Gasteiger partial charge is 0.396 e. The van der Waals surface area contributed by atoms with Crippen LogP contribution in [-0.2, 0) is 35.2 Å². The molecule has 0 atom stereocenters. The zero-order valence-electron chi connectivity index (χ0n) is 18.1. The number of esters is 2. The summed E-state index contributed by atoms with van der Waals surface area (Å²) in [5.74, 6) is -2.32. The third kappa shape index (κ3) is 5.23. The zero-order valence-corrected chi connectivity index (χ0v) is 19.7. The molecule has 0 saturated heterocycles. The Morgan fingerprint density at radius 1 is 1.15 bits per heavy atom. The summed E-state index contributed by atoms with van der Waals surface area (Å²) < 4.78 is 16.0. The van der Waals surface area contributed by atoms with E-state index in [0.29, 0.717) is 17.1 Å². The van der Waals surface area contributed by atoms with Gasteiger partial charge in [-0.2, -0.15) is 0 Å². The van der Waals surface area contributed by atoms with Crippen LogP contribution in [-0.4, -0.2) is 37.5 Å². The Morgan fingerprint density at radius 2 is 1.85 bits per heavy atom. The number of anilines is 1. The minimum absolute atomic E-state index is 0.0570. The molecule has 0 aliphatic carbocycles. The van der Waals surface area contributed by atoms with Gasteiger partial charge >= 0.3 is 17.8 Å². The number of halogens is 1. The first-order chi connectivity index (χ1) is 15.8. The molecule has 2 aromatic rings. The van der Waals surface area contributed by atoms with E-state index >= 15 is 0 Å². The van der Waals surface area contributed by atoms with Crippen LogP contribution in [0.3, 0.4) is 0 Å². The van der Waals surface area contributed by atoms with Crippen molar-refractivity contribution in [2.75, 3.05) is 18.6 Å². The third-order valence-electron chi connectivity index (χ3n) is 4.73. The molecule has 1 aliphatic rings. The van der Waals surface area contributed by atoms with Crippen LogP contribution in [0.5, 0.6) is 0 Å². The molecule has 0 unspecified atom stereocenters. The molecule has 10 heteroatoms. The van der Waals surface area contributed by atoms with Crippen molar-refractivity contribution >= 4 is 51.4 Å². The average molecular weight is 517 g/mol. The number of methoxy groups -OCH3 is 1. The second-order valence-electron chi connectivity index (χ2n) is 6.83. The first-order valence-corrected chi connectivity index (χ1v) is 10.7. The largest absolute Gasteiger partial charge is 0.465 e. The molecule has 1 aliphatic heterocycles. The van der Waals surface area contributed by atoms with Crippen molar-refractivity contribution in [3.63, 3.8) is 0 Å². The van der Waals surface area contributed by atoms with E-state index in [-0.39, 0.29) is 30.1 Å². The van der Waals surface area contributed by atoms with Gasteiger partial charge in [-0.05, 0) is 56.3 Å². The van der Waals surface area contributed by atoms with Crippen molar-refractivity contribution in [2.45, 2.75) is 20.4 Å². The minimum atomic E-state index is -0.987. The molecule has 0 spiro atoms. The molecule has 3 rings (SSSR count). The third-order valence-corrected chi connectivity index (χ3v) is 5.26. The van der Waals surface area contributed by atoms with Crippen LogP contribution in [0.4, 0.5) is 5.69 Å². The monoisotopic (exact) mass is 516 g/mol. The van der Waals surface area contributed by atoms with Crippen molar-refractivity contribution in [2.24, 2.45) is 0 Å². The molecule has 1 aromatic carbocycles. The van der Waals surface area contributed by atoms with E-state index < -0.39 is 23.8 Å². The highest BCUT2D eigenvalue weighted by Gasteiger charge is 2.38. The van der Waals surface area contributed by atoms with Gasteiger partial charge in [0.05, 0.1) is 31.4 Å². The maximum atomic E-state index is 13.2. The molecular weight excluding hydrogens is 496 g/mol. The summed E-state index contributed by atoms with van der Waals surface area (Å²) in [7, 11) is 1.24. The van der Waals surface area contributed by atoms with Crippen molar-refractivity contribution < 1.29 is 33.1 Å². The molecular formula is C23H21BrN2O7. The Hall–Kier alpha value is -3.66. The number of rotatable bonds is 6. The second kappa shape index (κ2) is 10.3. The minimum Gasteiger partial charge on any atom is -0.465 e. The molecule has 9 nitrogen and oxygen atoms in total. The average Bonchev–Trinajstić information content (AvgIpc) is 3.34. The number of amides is 2. The summed E-state index contributed by atoms with van der Waals surface area (Å²) >= 11 is 3.36. The number of benzene rings is 1. The van der Waals surface area contributed by atoms with Crippen LogP contribution in [0, 0.1) is 0 Å². The maximum Gasteiger partial charge on any atom is 0.396 e. The summed E-state index contributed by atoms with van der Waals surface area (Å²) in [6, 6.07) is 10.2. The maximum absolute atomic E-state index is 13.2. The molecule has 0 bridgehead atoms. The van der Waals surface area contributed by atoms with Crippen LogP contribution in [0.15, 0.2) is 62.1 Å². The van der Waals surface area contributed by atoms with Gasteiger partial charge in [0.15, 0.2) is 0 Å². The van der Waals surface area contributed by atoms with Gasteiger partial charge in [0.2, 0.25) is 0 Å². The molecule has 2 heterocycles. The van der Waals surface area contributed by atoms with Gasteiger partial charge in [-0.3, -0.25) is 14.5 Å². The van der Waals surface area contributed by atoms with Crippen LogP contribution >= 0.6 is 15.9 Å². The number of furan rings is 1. The molecule has 0 fully saturated rings. The van der Waals surface area contributed by atoms with Gasteiger partial charge in [0.25, 0.3) is 5.91 Å². The summed E-state index contributed by atoms with van der Waals surface area (Å²) in [6.45, 7) is 3.29. The Balaban J connectivity index is 1.87. The Labute approximate surface area is 198 Å². The van der Waals surface area contributed by atoms with E-state index in [1.165, 1.54) is 18.1 Å². The van der Waals surface area contributed by atoms with E-state index in [4.69, 9.17) is 9.15 Å². The lowest BCUT2D eigenvalue weighted by molar-refractivity contribution is -0.154. The van der Waals surface area contributed by atoms with E-state index in [0.717, 1.165) is 4.47 Å². The number of carbonyl (C=O) groups excluding carboxylic acids is 4. The Bertz CT molecular complexity index is 1160. The molecule has 0 saturated carbocycles. The van der Waals surface area contributed by atoms with Gasteiger partial charge in [-0.1, -0.05) is 15.9 Å². The van der Waals surface area contributed by atoms with Gasteiger partial charge in [0.1, 0.15) is 11.5 Å². The highest BCUT2D eigenvalue weighted by molar-refractivity contribution is 9.10. The lowest BCUT2D eigenvalue weighted by atomic mass is 10.1. The first kappa shape index (κ1) is 24.0. The predicted molar refractivity (Wildman–Crippen MR) is 122 cm³/mol. The predicted octanol–water partition coefficient (Wildman–Crippen LogP) is 3.10. The number of ether oxygens (including phenoxy) is 2. The number of allylic oxidation sites excluding steroid dienone is 1. The summed E-state index contributed by atoms with van der Waals surface area (Å²) in [5, 5.41) is 2.39.